The number of nitrogens with zero attached hydrogens (tertiary/aromatic N) is 3. The summed E-state index contributed by atoms with van der Waals surface area (Å²) in [7, 11) is 0. The van der Waals surface area contributed by atoms with Gasteiger partial charge in [-0.15, -0.1) is 0 Å². The van der Waals surface area contributed by atoms with Gasteiger partial charge in [0.25, 0.3) is 0 Å². The summed E-state index contributed by atoms with van der Waals surface area (Å²) in [5.74, 6) is -0.512. The van der Waals surface area contributed by atoms with E-state index in [4.69, 9.17) is 0 Å². The van der Waals surface area contributed by atoms with Crippen molar-refractivity contribution in [1.82, 2.24) is 15.3 Å². The van der Waals surface area contributed by atoms with Gasteiger partial charge < -0.3 is 10.2 Å². The molecule has 1 aliphatic rings. The number of piperidine rings is 1. The normalized spacial score (nSPS) is 17.2. The Labute approximate surface area is 122 Å². The molecule has 2 rings (SSSR count). The van der Waals surface area contributed by atoms with Gasteiger partial charge in [-0.2, -0.15) is 13.2 Å². The van der Waals surface area contributed by atoms with Crippen molar-refractivity contribution in [2.24, 2.45) is 5.92 Å². The number of alkyl halides is 3. The molecule has 4 nitrogen and oxygen atoms in total. The Kier molecular flexibility index (Phi) is 5.39. The highest BCUT2D eigenvalue weighted by Gasteiger charge is 2.41. The number of hydrogen-bond donors (Lipinski definition) is 1. The first-order valence-electron chi connectivity index (χ1n) is 7.34. The van der Waals surface area contributed by atoms with Crippen LogP contribution >= 0.6 is 0 Å². The third-order valence-corrected chi connectivity index (χ3v) is 3.69. The van der Waals surface area contributed by atoms with Crippen LogP contribution in [-0.2, 0) is 6.54 Å². The average Bonchev–Trinajstić information content (AvgIpc) is 2.47. The molecule has 1 fully saturated rings. The second-order valence-corrected chi connectivity index (χ2v) is 5.35. The van der Waals surface area contributed by atoms with Gasteiger partial charge in [-0.05, 0) is 25.8 Å². The van der Waals surface area contributed by atoms with Gasteiger partial charge in [0.1, 0.15) is 5.82 Å². The van der Waals surface area contributed by atoms with Gasteiger partial charge in [-0.25, -0.2) is 4.98 Å². The quantitative estimate of drug-likeness (QED) is 0.849. The van der Waals surface area contributed by atoms with Crippen molar-refractivity contribution in [1.29, 1.82) is 0 Å². The van der Waals surface area contributed by atoms with E-state index < -0.39 is 12.1 Å². The lowest BCUT2D eigenvalue weighted by Crippen LogP contribution is -2.39. The molecule has 118 valence electrons. The van der Waals surface area contributed by atoms with Gasteiger partial charge in [0.2, 0.25) is 0 Å². The van der Waals surface area contributed by atoms with Crippen molar-refractivity contribution >= 4 is 5.82 Å². The minimum absolute atomic E-state index is 0.128. The molecule has 0 spiro atoms. The zero-order valence-corrected chi connectivity index (χ0v) is 12.2. The fourth-order valence-corrected chi connectivity index (χ4v) is 2.46. The molecule has 0 amide bonds. The number of aromatic nitrogens is 2. The Balaban J connectivity index is 1.92. The standard InChI is InChI=1S/C14H21F3N4/c1-2-5-18-8-12-9-19-10-13(20-12)21-6-3-11(4-7-21)14(15,16)17/h9-11,18H,2-8H2,1H3. The smallest absolute Gasteiger partial charge is 0.355 e. The zero-order valence-electron chi connectivity index (χ0n) is 12.2. The second kappa shape index (κ2) is 7.06. The highest BCUT2D eigenvalue weighted by Crippen LogP contribution is 2.34. The average molecular weight is 302 g/mol. The minimum atomic E-state index is -4.08. The first kappa shape index (κ1) is 16.0. The van der Waals surface area contributed by atoms with E-state index in [1.165, 1.54) is 0 Å². The van der Waals surface area contributed by atoms with Crippen LogP contribution in [0, 0.1) is 5.92 Å². The monoisotopic (exact) mass is 302 g/mol. The van der Waals surface area contributed by atoms with Gasteiger partial charge in [0.15, 0.2) is 0 Å². The van der Waals surface area contributed by atoms with Crippen LogP contribution in [0.2, 0.25) is 0 Å². The SMILES string of the molecule is CCCNCc1cncc(N2CCC(C(F)(F)F)CC2)n1. The molecule has 1 aromatic rings. The van der Waals surface area contributed by atoms with Crippen LogP contribution in [0.15, 0.2) is 12.4 Å². The van der Waals surface area contributed by atoms with Crippen molar-refractivity contribution in [3.05, 3.63) is 18.1 Å². The Bertz CT molecular complexity index is 442. The highest BCUT2D eigenvalue weighted by molar-refractivity contribution is 5.36. The number of nitrogens with one attached hydrogen (secondary N) is 1. The van der Waals surface area contributed by atoms with Crippen molar-refractivity contribution < 1.29 is 13.2 Å². The number of halogens is 3. The largest absolute Gasteiger partial charge is 0.391 e. The summed E-state index contributed by atoms with van der Waals surface area (Å²) in [4.78, 5) is 10.5. The van der Waals surface area contributed by atoms with E-state index >= 15 is 0 Å². The first-order valence-corrected chi connectivity index (χ1v) is 7.34. The highest BCUT2D eigenvalue weighted by atomic mass is 19.4. The lowest BCUT2D eigenvalue weighted by molar-refractivity contribution is -0.179. The molecule has 7 heteroatoms. The van der Waals surface area contributed by atoms with Crippen LogP contribution in [0.3, 0.4) is 0 Å². The molecule has 0 radical (unpaired) electrons. The van der Waals surface area contributed by atoms with E-state index in [0.717, 1.165) is 18.7 Å². The van der Waals surface area contributed by atoms with Crippen LogP contribution < -0.4 is 10.2 Å². The summed E-state index contributed by atoms with van der Waals surface area (Å²) in [6.07, 6.45) is 0.528. The summed E-state index contributed by atoms with van der Waals surface area (Å²) in [5.41, 5.74) is 0.818. The number of hydrogen-bond acceptors (Lipinski definition) is 4. The van der Waals surface area contributed by atoms with Crippen LogP contribution in [0.5, 0.6) is 0 Å². The molecule has 0 unspecified atom stereocenters. The molecular formula is C14H21F3N4. The Morgan fingerprint density at radius 2 is 2.00 bits per heavy atom. The van der Waals surface area contributed by atoms with Crippen LogP contribution in [0.25, 0.3) is 0 Å². The van der Waals surface area contributed by atoms with Crippen molar-refractivity contribution in [2.45, 2.75) is 38.9 Å². The summed E-state index contributed by atoms with van der Waals surface area (Å²) < 4.78 is 38.0. The maximum absolute atomic E-state index is 12.7. The maximum atomic E-state index is 12.7. The molecule has 1 N–H and O–H groups in total. The zero-order chi connectivity index (χ0) is 15.3. The van der Waals surface area contributed by atoms with E-state index in [0.29, 0.717) is 25.5 Å². The first-order chi connectivity index (χ1) is 10.0. The molecule has 0 bridgehead atoms. The van der Waals surface area contributed by atoms with Crippen LogP contribution in [0.4, 0.5) is 19.0 Å². The third-order valence-electron chi connectivity index (χ3n) is 3.69. The van der Waals surface area contributed by atoms with E-state index in [2.05, 4.69) is 22.2 Å². The second-order valence-electron chi connectivity index (χ2n) is 5.35. The van der Waals surface area contributed by atoms with Gasteiger partial charge in [-0.1, -0.05) is 6.92 Å². The summed E-state index contributed by atoms with van der Waals surface area (Å²) in [5, 5.41) is 3.24. The molecule has 0 atom stereocenters. The Hall–Kier alpha value is -1.37. The lowest BCUT2D eigenvalue weighted by Gasteiger charge is -2.33. The summed E-state index contributed by atoms with van der Waals surface area (Å²) >= 11 is 0. The van der Waals surface area contributed by atoms with Crippen LogP contribution in [0.1, 0.15) is 31.9 Å². The Morgan fingerprint density at radius 3 is 2.62 bits per heavy atom. The summed E-state index contributed by atoms with van der Waals surface area (Å²) in [6, 6.07) is 0. The van der Waals surface area contributed by atoms with Crippen molar-refractivity contribution in [2.75, 3.05) is 24.5 Å². The van der Waals surface area contributed by atoms with E-state index in [1.807, 2.05) is 4.90 Å². The molecule has 21 heavy (non-hydrogen) atoms. The molecule has 1 saturated heterocycles. The fourth-order valence-electron chi connectivity index (χ4n) is 2.46. The van der Waals surface area contributed by atoms with Crippen molar-refractivity contribution in [3.63, 3.8) is 0 Å². The fraction of sp³-hybridized carbons (Fsp3) is 0.714. The molecule has 0 aromatic carbocycles. The molecule has 0 saturated carbocycles. The molecule has 0 aliphatic carbocycles. The minimum Gasteiger partial charge on any atom is -0.355 e. The molecule has 1 aromatic heterocycles. The van der Waals surface area contributed by atoms with Gasteiger partial charge in [0, 0.05) is 25.8 Å². The molecular weight excluding hydrogens is 281 g/mol. The van der Waals surface area contributed by atoms with Gasteiger partial charge >= 0.3 is 6.18 Å². The van der Waals surface area contributed by atoms with E-state index in [1.54, 1.807) is 12.4 Å². The number of rotatable bonds is 5. The van der Waals surface area contributed by atoms with Gasteiger partial charge in [-0.3, -0.25) is 4.98 Å². The predicted molar refractivity (Wildman–Crippen MR) is 75.0 cm³/mol. The summed E-state index contributed by atoms with van der Waals surface area (Å²) in [6.45, 7) is 4.38. The lowest BCUT2D eigenvalue weighted by atomic mass is 9.96. The van der Waals surface area contributed by atoms with E-state index in [-0.39, 0.29) is 12.8 Å². The number of anilines is 1. The van der Waals surface area contributed by atoms with Crippen LogP contribution in [-0.4, -0.2) is 35.8 Å². The van der Waals surface area contributed by atoms with E-state index in [9.17, 15) is 13.2 Å². The predicted octanol–water partition coefficient (Wildman–Crippen LogP) is 2.75. The molecule has 2 heterocycles. The Morgan fingerprint density at radius 1 is 1.29 bits per heavy atom. The van der Waals surface area contributed by atoms with Crippen molar-refractivity contribution in [3.8, 4) is 0 Å². The van der Waals surface area contributed by atoms with Gasteiger partial charge in [0.05, 0.1) is 17.8 Å². The molecule has 1 aliphatic heterocycles. The topological polar surface area (TPSA) is 41.1 Å². The third kappa shape index (κ3) is 4.56. The maximum Gasteiger partial charge on any atom is 0.391 e.